The number of amides is 2. The minimum atomic E-state index is -0.665. The summed E-state index contributed by atoms with van der Waals surface area (Å²) in [7, 11) is 2.13. The SMILES string of the molecule is CC(=O)c1nn(CC(=O)N2[C@H]3C[C@]4(C[C@@H]24)CN(C)CCCC/C=C\Cc2ccc(Br)nc2NC3=O)c2cnc(-c3cnc(C)nc3)cc12. The molecule has 1 saturated carbocycles. The van der Waals surface area contributed by atoms with E-state index in [4.69, 9.17) is 0 Å². The van der Waals surface area contributed by atoms with Crippen molar-refractivity contribution in [3.05, 3.63) is 70.6 Å². The Hall–Kier alpha value is -4.36. The Morgan fingerprint density at radius 2 is 1.90 bits per heavy atom. The highest BCUT2D eigenvalue weighted by Gasteiger charge is 2.67. The summed E-state index contributed by atoms with van der Waals surface area (Å²) < 4.78 is 2.16. The molecule has 1 N–H and O–H groups in total. The molecule has 0 aromatic carbocycles. The van der Waals surface area contributed by atoms with Crippen molar-refractivity contribution in [3.63, 3.8) is 0 Å². The number of aryl methyl sites for hydroxylation is 1. The molecule has 4 aromatic heterocycles. The molecule has 2 fully saturated rings. The molecule has 0 unspecified atom stereocenters. The molecule has 3 atom stereocenters. The minimum Gasteiger partial charge on any atom is -0.325 e. The maximum atomic E-state index is 14.3. The monoisotopic (exact) mass is 711 g/mol. The number of pyridine rings is 2. The fraction of sp³-hybridized carbons (Fsp3) is 0.429. The standard InChI is InChI=1S/C35H38BrN9O3/c1-21(46)32-25-13-26(24-16-37-22(2)38-17-24)39-18-28(25)44(42-32)19-31(47)45-27-14-35(15-29(35)45)20-43(3)12-8-6-4-5-7-9-23-10-11-30(36)40-33(23)41-34(27)48/h5,7,10-11,13,16-18,27,29H,4,6,8-9,12,14-15,19-20H2,1-3H3,(H,40,41,48)/b7-5-/t27-,29+,35-/m0/s1. The van der Waals surface area contributed by atoms with Crippen molar-refractivity contribution in [2.45, 2.75) is 71.0 Å². The van der Waals surface area contributed by atoms with Crippen LogP contribution < -0.4 is 5.32 Å². The number of likely N-dealkylation sites (tertiary alicyclic amines) is 1. The molecule has 1 saturated heterocycles. The number of Topliss-reactive ketones (excluding diaryl/α,β-unsaturated/α-hetero) is 1. The van der Waals surface area contributed by atoms with Crippen LogP contribution in [0.25, 0.3) is 22.2 Å². The largest absolute Gasteiger partial charge is 0.325 e. The highest BCUT2D eigenvalue weighted by Crippen LogP contribution is 2.60. The van der Waals surface area contributed by atoms with Crippen molar-refractivity contribution in [2.75, 3.05) is 25.5 Å². The Bertz CT molecular complexity index is 1940. The summed E-state index contributed by atoms with van der Waals surface area (Å²) in [6, 6.07) is 4.90. The van der Waals surface area contributed by atoms with Crippen molar-refractivity contribution in [1.29, 1.82) is 0 Å². The average Bonchev–Trinajstić information content (AvgIpc) is 3.45. The zero-order valence-corrected chi connectivity index (χ0v) is 28.9. The number of ketones is 1. The first kappa shape index (κ1) is 32.2. The second-order valence-electron chi connectivity index (χ2n) is 13.3. The van der Waals surface area contributed by atoms with E-state index in [0.717, 1.165) is 44.3 Å². The summed E-state index contributed by atoms with van der Waals surface area (Å²) in [5, 5.41) is 8.26. The molecular formula is C35H38BrN9O3. The van der Waals surface area contributed by atoms with E-state index < -0.39 is 6.04 Å². The fourth-order valence-corrected chi connectivity index (χ4v) is 7.62. The van der Waals surface area contributed by atoms with Crippen LogP contribution in [0.3, 0.4) is 0 Å². The number of piperidine rings is 1. The van der Waals surface area contributed by atoms with E-state index in [1.165, 1.54) is 11.6 Å². The zero-order chi connectivity index (χ0) is 33.6. The van der Waals surface area contributed by atoms with Crippen molar-refractivity contribution in [2.24, 2.45) is 5.41 Å². The molecule has 7 rings (SSSR count). The first-order valence-corrected chi connectivity index (χ1v) is 17.2. The molecule has 13 heteroatoms. The van der Waals surface area contributed by atoms with Gasteiger partial charge in [-0.1, -0.05) is 18.2 Å². The average molecular weight is 713 g/mol. The molecule has 1 spiro atoms. The van der Waals surface area contributed by atoms with E-state index in [1.807, 2.05) is 12.1 Å². The summed E-state index contributed by atoms with van der Waals surface area (Å²) in [6.07, 6.45) is 14.6. The van der Waals surface area contributed by atoms with E-state index in [0.29, 0.717) is 51.2 Å². The topological polar surface area (TPSA) is 139 Å². The van der Waals surface area contributed by atoms with Crippen LogP contribution in [0.4, 0.5) is 5.82 Å². The molecule has 12 nitrogen and oxygen atoms in total. The number of aromatic nitrogens is 6. The van der Waals surface area contributed by atoms with Gasteiger partial charge in [-0.15, -0.1) is 0 Å². The third kappa shape index (κ3) is 6.28. The van der Waals surface area contributed by atoms with Crippen LogP contribution in [0.1, 0.15) is 60.9 Å². The smallest absolute Gasteiger partial charge is 0.248 e. The second kappa shape index (κ2) is 12.9. The van der Waals surface area contributed by atoms with Crippen LogP contribution in [0.15, 0.2) is 53.5 Å². The third-order valence-electron chi connectivity index (χ3n) is 9.78. The van der Waals surface area contributed by atoms with E-state index in [2.05, 4.69) is 70.4 Å². The molecular weight excluding hydrogens is 674 g/mol. The zero-order valence-electron chi connectivity index (χ0n) is 27.3. The van der Waals surface area contributed by atoms with Crippen LogP contribution in [-0.2, 0) is 22.6 Å². The van der Waals surface area contributed by atoms with Gasteiger partial charge >= 0.3 is 0 Å². The van der Waals surface area contributed by atoms with Gasteiger partial charge < -0.3 is 15.1 Å². The van der Waals surface area contributed by atoms with Crippen LogP contribution >= 0.6 is 15.9 Å². The lowest BCUT2D eigenvalue weighted by molar-refractivity contribution is -0.138. The minimum absolute atomic E-state index is 0.0594. The summed E-state index contributed by atoms with van der Waals surface area (Å²) in [5.41, 5.74) is 2.89. The Morgan fingerprint density at radius 1 is 1.08 bits per heavy atom. The number of hydrogen-bond acceptors (Lipinski definition) is 9. The molecule has 2 amide bonds. The summed E-state index contributed by atoms with van der Waals surface area (Å²) in [6.45, 7) is 4.91. The molecule has 2 bridgehead atoms. The number of fused-ring (bicyclic) bond motifs is 3. The van der Waals surface area contributed by atoms with E-state index in [1.54, 1.807) is 36.5 Å². The Kier molecular flexibility index (Phi) is 8.67. The lowest BCUT2D eigenvalue weighted by Crippen LogP contribution is -2.47. The number of nitrogens with zero attached hydrogens (tertiary/aromatic N) is 8. The van der Waals surface area contributed by atoms with E-state index in [9.17, 15) is 14.4 Å². The quantitative estimate of drug-likeness (QED) is 0.180. The highest BCUT2D eigenvalue weighted by molar-refractivity contribution is 9.10. The first-order chi connectivity index (χ1) is 23.1. The summed E-state index contributed by atoms with van der Waals surface area (Å²) in [4.78, 5) is 62.9. The van der Waals surface area contributed by atoms with Gasteiger partial charge in [0.25, 0.3) is 0 Å². The predicted octanol–water partition coefficient (Wildman–Crippen LogP) is 4.77. The van der Waals surface area contributed by atoms with Crippen molar-refractivity contribution < 1.29 is 14.4 Å². The van der Waals surface area contributed by atoms with Gasteiger partial charge in [0.15, 0.2) is 5.78 Å². The number of hydrogen-bond donors (Lipinski definition) is 1. The maximum absolute atomic E-state index is 14.3. The number of halogens is 1. The molecule has 6 heterocycles. The molecule has 0 radical (unpaired) electrons. The first-order valence-electron chi connectivity index (χ1n) is 16.4. The summed E-state index contributed by atoms with van der Waals surface area (Å²) >= 11 is 3.45. The number of allylic oxidation sites excluding steroid dienone is 2. The number of rotatable bonds is 4. The Balaban J connectivity index is 1.20. The van der Waals surface area contributed by atoms with Gasteiger partial charge in [-0.3, -0.25) is 24.0 Å². The molecule has 2 aliphatic heterocycles. The van der Waals surface area contributed by atoms with Crippen LogP contribution in [-0.4, -0.2) is 89.3 Å². The van der Waals surface area contributed by atoms with Gasteiger partial charge in [0.05, 0.1) is 17.4 Å². The Morgan fingerprint density at radius 3 is 2.69 bits per heavy atom. The fourth-order valence-electron chi connectivity index (χ4n) is 7.31. The summed E-state index contributed by atoms with van der Waals surface area (Å²) in [5.74, 6) is 0.450. The lowest BCUT2D eigenvalue weighted by atomic mass is 9.98. The number of anilines is 1. The van der Waals surface area contributed by atoms with Gasteiger partial charge in [-0.05, 0) is 92.7 Å². The number of carbonyl (C=O) groups is 3. The Labute approximate surface area is 287 Å². The van der Waals surface area contributed by atoms with Crippen LogP contribution in [0.2, 0.25) is 0 Å². The van der Waals surface area contributed by atoms with Gasteiger partial charge in [0, 0.05) is 48.3 Å². The van der Waals surface area contributed by atoms with E-state index in [-0.39, 0.29) is 41.3 Å². The molecule has 48 heavy (non-hydrogen) atoms. The third-order valence-corrected chi connectivity index (χ3v) is 10.2. The van der Waals surface area contributed by atoms with E-state index >= 15 is 0 Å². The normalized spacial score (nSPS) is 23.8. The number of nitrogens with one attached hydrogen (secondary N) is 1. The van der Waals surface area contributed by atoms with Crippen LogP contribution in [0, 0.1) is 12.3 Å². The molecule has 3 aliphatic rings. The second-order valence-corrected chi connectivity index (χ2v) is 14.1. The number of carbonyl (C=O) groups excluding carboxylic acids is 3. The molecule has 248 valence electrons. The van der Waals surface area contributed by atoms with Gasteiger partial charge in [0.2, 0.25) is 11.8 Å². The van der Waals surface area contributed by atoms with Crippen LogP contribution in [0.5, 0.6) is 0 Å². The molecule has 4 aromatic rings. The van der Waals surface area contributed by atoms with Crippen molar-refractivity contribution >= 4 is 50.2 Å². The van der Waals surface area contributed by atoms with Gasteiger partial charge in [-0.25, -0.2) is 15.0 Å². The van der Waals surface area contributed by atoms with Crippen molar-refractivity contribution in [1.82, 2.24) is 39.5 Å². The van der Waals surface area contributed by atoms with Crippen molar-refractivity contribution in [3.8, 4) is 11.3 Å². The predicted molar refractivity (Wildman–Crippen MR) is 184 cm³/mol. The highest BCUT2D eigenvalue weighted by atomic mass is 79.9. The lowest BCUT2D eigenvalue weighted by Gasteiger charge is -2.27. The van der Waals surface area contributed by atoms with Gasteiger partial charge in [0.1, 0.15) is 34.5 Å². The van der Waals surface area contributed by atoms with Gasteiger partial charge in [-0.2, -0.15) is 5.10 Å². The molecule has 1 aliphatic carbocycles. The maximum Gasteiger partial charge on any atom is 0.248 e.